The summed E-state index contributed by atoms with van der Waals surface area (Å²) in [4.78, 5) is 21.6. The van der Waals surface area contributed by atoms with E-state index in [0.29, 0.717) is 5.69 Å². The van der Waals surface area contributed by atoms with Crippen molar-refractivity contribution >= 4 is 23.0 Å². The van der Waals surface area contributed by atoms with E-state index in [1.54, 1.807) is 6.92 Å². The van der Waals surface area contributed by atoms with Crippen LogP contribution in [0, 0.1) is 15.5 Å². The van der Waals surface area contributed by atoms with Crippen LogP contribution in [0.1, 0.15) is 16.7 Å². The molecule has 8 nitrogen and oxygen atoms in total. The number of nitrogens with zero attached hydrogens (tertiary/aromatic N) is 3. The molecule has 1 aromatic carbocycles. The number of carbonyl (C=O) groups excluding carboxylic acids is 1. The van der Waals surface area contributed by atoms with Crippen molar-refractivity contribution in [1.82, 2.24) is 9.78 Å². The predicted octanol–water partition coefficient (Wildman–Crippen LogP) is 1.50. The van der Waals surface area contributed by atoms with E-state index in [4.69, 9.17) is 10.1 Å². The Hall–Kier alpha value is -2.55. The number of rotatable bonds is 4. The fourth-order valence-corrected chi connectivity index (χ4v) is 2.14. The molecule has 1 heterocycles. The lowest BCUT2D eigenvalue weighted by Gasteiger charge is -2.00. The van der Waals surface area contributed by atoms with E-state index in [-0.39, 0.29) is 22.1 Å². The van der Waals surface area contributed by atoms with E-state index in [9.17, 15) is 14.9 Å². The highest BCUT2D eigenvalue weighted by atomic mass is 32.1. The summed E-state index contributed by atoms with van der Waals surface area (Å²) < 4.78 is 6.03. The van der Waals surface area contributed by atoms with E-state index in [2.05, 4.69) is 5.10 Å². The van der Waals surface area contributed by atoms with Gasteiger partial charge in [-0.3, -0.25) is 15.5 Å². The van der Waals surface area contributed by atoms with Gasteiger partial charge in [-0.25, -0.2) is 9.48 Å². The highest BCUT2D eigenvalue weighted by Crippen LogP contribution is 2.14. The Labute approximate surface area is 116 Å². The summed E-state index contributed by atoms with van der Waals surface area (Å²) in [7, 11) is 0. The van der Waals surface area contributed by atoms with Gasteiger partial charge in [0, 0.05) is 12.1 Å². The van der Waals surface area contributed by atoms with Crippen molar-refractivity contribution < 1.29 is 14.5 Å². The summed E-state index contributed by atoms with van der Waals surface area (Å²) in [5.41, 5.74) is 0.411. The molecule has 2 aromatic rings. The molecule has 2 rings (SSSR count). The number of nitro benzene ring substituents is 1. The van der Waals surface area contributed by atoms with Crippen LogP contribution in [-0.2, 0) is 4.74 Å². The minimum absolute atomic E-state index is 0.0295. The number of hydrogen-bond donors (Lipinski definition) is 1. The Kier molecular flexibility index (Phi) is 3.89. The Morgan fingerprint density at radius 3 is 2.70 bits per heavy atom. The molecule has 0 bridgehead atoms. The third-order valence-corrected chi connectivity index (χ3v) is 3.14. The van der Waals surface area contributed by atoms with E-state index >= 15 is 0 Å². The molecule has 0 aliphatic rings. The lowest BCUT2D eigenvalue weighted by molar-refractivity contribution is -0.384. The molecule has 104 valence electrons. The van der Waals surface area contributed by atoms with Gasteiger partial charge in [-0.2, -0.15) is 0 Å². The van der Waals surface area contributed by atoms with Gasteiger partial charge < -0.3 is 4.74 Å². The quantitative estimate of drug-likeness (QED) is 0.521. The van der Waals surface area contributed by atoms with Gasteiger partial charge in [0.25, 0.3) is 5.69 Å². The van der Waals surface area contributed by atoms with Crippen molar-refractivity contribution in [1.29, 1.82) is 5.41 Å². The zero-order chi connectivity index (χ0) is 14.7. The number of carbonyl (C=O) groups is 1. The van der Waals surface area contributed by atoms with Crippen molar-refractivity contribution in [2.45, 2.75) is 6.92 Å². The first kappa shape index (κ1) is 13.9. The number of nitrogens with one attached hydrogen (secondary N) is 1. The van der Waals surface area contributed by atoms with Gasteiger partial charge in [0.2, 0.25) is 9.81 Å². The Morgan fingerprint density at radius 2 is 2.15 bits per heavy atom. The molecule has 0 aliphatic carbocycles. The smallest absolute Gasteiger partial charge is 0.369 e. The van der Waals surface area contributed by atoms with Crippen LogP contribution < -0.4 is 4.80 Å². The summed E-state index contributed by atoms with van der Waals surface area (Å²) in [6, 6.07) is 5.55. The topological polar surface area (TPSA) is 111 Å². The van der Waals surface area contributed by atoms with E-state index in [1.165, 1.54) is 28.9 Å². The first-order valence-corrected chi connectivity index (χ1v) is 6.41. The molecule has 0 saturated heterocycles. The van der Waals surface area contributed by atoms with Gasteiger partial charge in [0.1, 0.15) is 0 Å². The van der Waals surface area contributed by atoms with Crippen molar-refractivity contribution in [2.75, 3.05) is 6.61 Å². The fraction of sp³-hybridized carbons (Fsp3) is 0.182. The number of non-ortho nitro benzene ring substituents is 1. The zero-order valence-electron chi connectivity index (χ0n) is 10.4. The van der Waals surface area contributed by atoms with E-state index < -0.39 is 10.9 Å². The molecule has 0 saturated carbocycles. The highest BCUT2D eigenvalue weighted by Gasteiger charge is 2.15. The summed E-state index contributed by atoms with van der Waals surface area (Å²) in [6.45, 7) is 1.90. The molecule has 0 spiro atoms. The summed E-state index contributed by atoms with van der Waals surface area (Å²) in [5, 5.41) is 22.4. The standard InChI is InChI=1S/C11H10N4O4S/c1-2-19-10(16)9-13-14(11(12)20-9)7-3-5-8(6-4-7)15(17)18/h3-6,12H,2H2,1H3. The van der Waals surface area contributed by atoms with Gasteiger partial charge in [-0.1, -0.05) is 11.3 Å². The van der Waals surface area contributed by atoms with Crippen LogP contribution in [-0.4, -0.2) is 27.3 Å². The molecule has 0 aliphatic heterocycles. The molecule has 20 heavy (non-hydrogen) atoms. The third kappa shape index (κ3) is 2.72. The second-order valence-corrected chi connectivity index (χ2v) is 4.60. The minimum atomic E-state index is -0.591. The summed E-state index contributed by atoms with van der Waals surface area (Å²) >= 11 is 0.878. The average molecular weight is 294 g/mol. The molecule has 1 aromatic heterocycles. The highest BCUT2D eigenvalue weighted by molar-refractivity contribution is 7.10. The first-order chi connectivity index (χ1) is 9.52. The van der Waals surface area contributed by atoms with Gasteiger partial charge >= 0.3 is 5.97 Å². The lowest BCUT2D eigenvalue weighted by atomic mass is 10.3. The molecule has 0 atom stereocenters. The van der Waals surface area contributed by atoms with Gasteiger partial charge in [0.15, 0.2) is 0 Å². The molecule has 0 fully saturated rings. The van der Waals surface area contributed by atoms with Crippen LogP contribution in [0.15, 0.2) is 24.3 Å². The van der Waals surface area contributed by atoms with Crippen molar-refractivity contribution in [2.24, 2.45) is 0 Å². The van der Waals surface area contributed by atoms with Crippen LogP contribution in [0.25, 0.3) is 5.69 Å². The van der Waals surface area contributed by atoms with E-state index in [0.717, 1.165) is 11.3 Å². The van der Waals surface area contributed by atoms with Crippen LogP contribution in [0.4, 0.5) is 5.69 Å². The molecule has 1 N–H and O–H groups in total. The number of hydrogen-bond acceptors (Lipinski definition) is 7. The first-order valence-electron chi connectivity index (χ1n) is 5.59. The van der Waals surface area contributed by atoms with Gasteiger partial charge in [-0.05, 0) is 19.1 Å². The number of aromatic nitrogens is 2. The maximum atomic E-state index is 11.5. The molecule has 0 amide bonds. The Bertz CT molecular complexity index is 704. The third-order valence-electron chi connectivity index (χ3n) is 2.33. The molecule has 9 heteroatoms. The second kappa shape index (κ2) is 5.61. The van der Waals surface area contributed by atoms with Gasteiger partial charge in [0.05, 0.1) is 17.2 Å². The second-order valence-electron chi connectivity index (χ2n) is 3.62. The van der Waals surface area contributed by atoms with Crippen LogP contribution in [0.2, 0.25) is 0 Å². The number of ether oxygens (including phenoxy) is 1. The molecular formula is C11H10N4O4S. The molecule has 0 radical (unpaired) electrons. The van der Waals surface area contributed by atoms with Crippen molar-refractivity contribution in [3.05, 3.63) is 44.2 Å². The van der Waals surface area contributed by atoms with Crippen molar-refractivity contribution in [3.8, 4) is 5.69 Å². The fourth-order valence-electron chi connectivity index (χ4n) is 1.46. The van der Waals surface area contributed by atoms with Crippen LogP contribution in [0.3, 0.4) is 0 Å². The SMILES string of the molecule is CCOC(=O)c1nn(-c2ccc([N+](=O)[O-])cc2)c(=N)s1. The van der Waals surface area contributed by atoms with Crippen LogP contribution >= 0.6 is 11.3 Å². The predicted molar refractivity (Wildman–Crippen MR) is 69.9 cm³/mol. The maximum absolute atomic E-state index is 11.5. The Morgan fingerprint density at radius 1 is 1.50 bits per heavy atom. The molecular weight excluding hydrogens is 284 g/mol. The normalized spacial score (nSPS) is 10.2. The minimum Gasteiger partial charge on any atom is -0.461 e. The van der Waals surface area contributed by atoms with Crippen LogP contribution in [0.5, 0.6) is 0 Å². The summed E-state index contributed by atoms with van der Waals surface area (Å²) in [5.74, 6) is -0.591. The van der Waals surface area contributed by atoms with E-state index in [1.807, 2.05) is 0 Å². The van der Waals surface area contributed by atoms with Crippen molar-refractivity contribution in [3.63, 3.8) is 0 Å². The number of benzene rings is 1. The Balaban J connectivity index is 2.36. The number of esters is 1. The largest absolute Gasteiger partial charge is 0.461 e. The summed E-state index contributed by atoms with van der Waals surface area (Å²) in [6.07, 6.45) is 0. The van der Waals surface area contributed by atoms with Gasteiger partial charge in [-0.15, -0.1) is 5.10 Å². The monoisotopic (exact) mass is 294 g/mol. The average Bonchev–Trinajstić information content (AvgIpc) is 2.81. The maximum Gasteiger partial charge on any atom is 0.369 e. The lowest BCUT2D eigenvalue weighted by Crippen LogP contribution is -2.12. The zero-order valence-corrected chi connectivity index (χ0v) is 11.2. The molecule has 0 unspecified atom stereocenters. The number of nitro groups is 1.